The van der Waals surface area contributed by atoms with Crippen LogP contribution in [0, 0.1) is 10.1 Å². The van der Waals surface area contributed by atoms with Crippen molar-refractivity contribution in [2.75, 3.05) is 19.8 Å². The van der Waals surface area contributed by atoms with Crippen LogP contribution in [0.25, 0.3) is 0 Å². The predicted molar refractivity (Wildman–Crippen MR) is 73.3 cm³/mol. The maximum atomic E-state index is 10.5. The maximum absolute atomic E-state index is 10.5. The van der Waals surface area contributed by atoms with Crippen molar-refractivity contribution in [3.8, 4) is 0 Å². The van der Waals surface area contributed by atoms with E-state index in [2.05, 4.69) is 5.32 Å². The number of benzene rings is 1. The molecule has 104 valence electrons. The van der Waals surface area contributed by atoms with Crippen LogP contribution in [0.2, 0.25) is 0 Å². The topological polar surface area (TPSA) is 64.4 Å². The third-order valence-electron chi connectivity index (χ3n) is 3.45. The normalized spacial score (nSPS) is 19.9. The van der Waals surface area contributed by atoms with Gasteiger partial charge in [0.05, 0.1) is 4.92 Å². The number of nitro groups is 1. The smallest absolute Gasteiger partial charge is 0.269 e. The van der Waals surface area contributed by atoms with Crippen molar-refractivity contribution in [3.05, 3.63) is 39.9 Å². The Kier molecular flexibility index (Phi) is 5.30. The van der Waals surface area contributed by atoms with Gasteiger partial charge < -0.3 is 10.1 Å². The summed E-state index contributed by atoms with van der Waals surface area (Å²) in [5.41, 5.74) is 1.28. The lowest BCUT2D eigenvalue weighted by Crippen LogP contribution is -2.31. The van der Waals surface area contributed by atoms with Crippen LogP contribution < -0.4 is 5.32 Å². The molecule has 1 aliphatic heterocycles. The van der Waals surface area contributed by atoms with Crippen LogP contribution in [-0.2, 0) is 11.2 Å². The molecule has 0 bridgehead atoms. The van der Waals surface area contributed by atoms with Crippen LogP contribution in [0.3, 0.4) is 0 Å². The number of hydrogen-bond donors (Lipinski definition) is 1. The number of rotatable bonds is 5. The highest BCUT2D eigenvalue weighted by atomic mass is 16.6. The third-order valence-corrected chi connectivity index (χ3v) is 3.45. The third kappa shape index (κ3) is 4.61. The maximum Gasteiger partial charge on any atom is 0.269 e. The number of ether oxygens (including phenoxy) is 1. The number of nitrogens with one attached hydrogen (secondary N) is 1. The Labute approximate surface area is 113 Å². The molecule has 1 N–H and O–H groups in total. The summed E-state index contributed by atoms with van der Waals surface area (Å²) in [6.07, 6.45) is 4.26. The van der Waals surface area contributed by atoms with Crippen molar-refractivity contribution in [3.63, 3.8) is 0 Å². The van der Waals surface area contributed by atoms with E-state index in [4.69, 9.17) is 4.74 Å². The molecule has 0 spiro atoms. The molecule has 0 radical (unpaired) electrons. The van der Waals surface area contributed by atoms with E-state index in [0.717, 1.165) is 44.6 Å². The molecule has 5 heteroatoms. The minimum atomic E-state index is -0.368. The van der Waals surface area contributed by atoms with Gasteiger partial charge in [-0.05, 0) is 37.8 Å². The first-order chi connectivity index (χ1) is 9.25. The van der Waals surface area contributed by atoms with Gasteiger partial charge in [0.2, 0.25) is 0 Å². The highest BCUT2D eigenvalue weighted by Crippen LogP contribution is 2.12. The van der Waals surface area contributed by atoms with Crippen molar-refractivity contribution in [1.29, 1.82) is 0 Å². The number of hydrogen-bond acceptors (Lipinski definition) is 4. The summed E-state index contributed by atoms with van der Waals surface area (Å²) >= 11 is 0. The van der Waals surface area contributed by atoms with Crippen molar-refractivity contribution >= 4 is 5.69 Å². The van der Waals surface area contributed by atoms with Gasteiger partial charge >= 0.3 is 0 Å². The average molecular weight is 264 g/mol. The van der Waals surface area contributed by atoms with E-state index < -0.39 is 0 Å². The van der Waals surface area contributed by atoms with Gasteiger partial charge in [-0.2, -0.15) is 0 Å². The van der Waals surface area contributed by atoms with E-state index in [1.165, 1.54) is 6.42 Å². The molecular weight excluding hydrogens is 244 g/mol. The Morgan fingerprint density at radius 3 is 2.79 bits per heavy atom. The lowest BCUT2D eigenvalue weighted by Gasteiger charge is -2.15. The van der Waals surface area contributed by atoms with Gasteiger partial charge in [0.1, 0.15) is 0 Å². The fourth-order valence-electron chi connectivity index (χ4n) is 2.31. The molecule has 0 aliphatic carbocycles. The van der Waals surface area contributed by atoms with Gasteiger partial charge in [-0.25, -0.2) is 0 Å². The van der Waals surface area contributed by atoms with Crippen molar-refractivity contribution in [2.24, 2.45) is 0 Å². The molecule has 0 saturated carbocycles. The van der Waals surface area contributed by atoms with Gasteiger partial charge in [0.15, 0.2) is 0 Å². The van der Waals surface area contributed by atoms with E-state index in [1.807, 2.05) is 12.1 Å². The Morgan fingerprint density at radius 2 is 2.05 bits per heavy atom. The quantitative estimate of drug-likeness (QED) is 0.654. The number of nitrogens with zero attached hydrogens (tertiary/aromatic N) is 1. The lowest BCUT2D eigenvalue weighted by molar-refractivity contribution is -0.384. The Morgan fingerprint density at radius 1 is 1.26 bits per heavy atom. The summed E-state index contributed by atoms with van der Waals surface area (Å²) in [6, 6.07) is 7.33. The SMILES string of the molecule is O=[N+]([O-])c1ccc(CCNC2CCCOCC2)cc1. The molecule has 1 aliphatic rings. The van der Waals surface area contributed by atoms with E-state index in [-0.39, 0.29) is 10.6 Å². The fraction of sp³-hybridized carbons (Fsp3) is 0.571. The van der Waals surface area contributed by atoms with E-state index in [0.29, 0.717) is 6.04 Å². The highest BCUT2D eigenvalue weighted by molar-refractivity contribution is 5.32. The lowest BCUT2D eigenvalue weighted by atomic mass is 10.1. The molecule has 1 heterocycles. The van der Waals surface area contributed by atoms with Gasteiger partial charge in [-0.15, -0.1) is 0 Å². The van der Waals surface area contributed by atoms with Gasteiger partial charge in [-0.3, -0.25) is 10.1 Å². The van der Waals surface area contributed by atoms with Crippen molar-refractivity contribution in [1.82, 2.24) is 5.32 Å². The Balaban J connectivity index is 1.74. The zero-order chi connectivity index (χ0) is 13.5. The molecule has 1 unspecified atom stereocenters. The Hall–Kier alpha value is -1.46. The molecule has 1 atom stereocenters. The molecular formula is C14H20N2O3. The van der Waals surface area contributed by atoms with Gasteiger partial charge in [0, 0.05) is 31.4 Å². The predicted octanol–water partition coefficient (Wildman–Crippen LogP) is 2.30. The fourth-order valence-corrected chi connectivity index (χ4v) is 2.31. The summed E-state index contributed by atoms with van der Waals surface area (Å²) in [5, 5.41) is 14.1. The summed E-state index contributed by atoms with van der Waals surface area (Å²) in [6.45, 7) is 2.62. The molecule has 1 aromatic carbocycles. The number of nitro benzene ring substituents is 1. The highest BCUT2D eigenvalue weighted by Gasteiger charge is 2.11. The minimum absolute atomic E-state index is 0.151. The van der Waals surface area contributed by atoms with E-state index >= 15 is 0 Å². The summed E-state index contributed by atoms with van der Waals surface area (Å²) in [4.78, 5) is 10.2. The summed E-state index contributed by atoms with van der Waals surface area (Å²) in [7, 11) is 0. The molecule has 0 aromatic heterocycles. The van der Waals surface area contributed by atoms with Crippen molar-refractivity contribution < 1.29 is 9.66 Å². The second-order valence-electron chi connectivity index (χ2n) is 4.87. The second kappa shape index (κ2) is 7.21. The van der Waals surface area contributed by atoms with Gasteiger partial charge in [-0.1, -0.05) is 12.1 Å². The molecule has 19 heavy (non-hydrogen) atoms. The zero-order valence-corrected chi connectivity index (χ0v) is 11.0. The Bertz CT molecular complexity index is 398. The van der Waals surface area contributed by atoms with E-state index in [9.17, 15) is 10.1 Å². The molecule has 1 fully saturated rings. The minimum Gasteiger partial charge on any atom is -0.381 e. The van der Waals surface area contributed by atoms with Gasteiger partial charge in [0.25, 0.3) is 5.69 Å². The number of non-ortho nitro benzene ring substituents is 1. The van der Waals surface area contributed by atoms with Crippen LogP contribution >= 0.6 is 0 Å². The molecule has 0 amide bonds. The van der Waals surface area contributed by atoms with Crippen LogP contribution in [0.1, 0.15) is 24.8 Å². The van der Waals surface area contributed by atoms with Crippen LogP contribution in [0.5, 0.6) is 0 Å². The molecule has 1 saturated heterocycles. The monoisotopic (exact) mass is 264 g/mol. The summed E-state index contributed by atoms with van der Waals surface area (Å²) in [5.74, 6) is 0. The first-order valence-corrected chi connectivity index (χ1v) is 6.80. The average Bonchev–Trinajstić information content (AvgIpc) is 2.68. The molecule has 5 nitrogen and oxygen atoms in total. The largest absolute Gasteiger partial charge is 0.381 e. The van der Waals surface area contributed by atoms with Crippen LogP contribution in [0.4, 0.5) is 5.69 Å². The van der Waals surface area contributed by atoms with E-state index in [1.54, 1.807) is 12.1 Å². The first kappa shape index (κ1) is 14.0. The van der Waals surface area contributed by atoms with Crippen molar-refractivity contribution in [2.45, 2.75) is 31.7 Å². The van der Waals surface area contributed by atoms with Crippen LogP contribution in [0.15, 0.2) is 24.3 Å². The van der Waals surface area contributed by atoms with Crippen LogP contribution in [-0.4, -0.2) is 30.7 Å². The zero-order valence-electron chi connectivity index (χ0n) is 11.0. The first-order valence-electron chi connectivity index (χ1n) is 6.80. The standard InChI is InChI=1S/C14H20N2O3/c17-16(18)14-5-3-12(4-6-14)7-9-15-13-2-1-10-19-11-8-13/h3-6,13,15H,1-2,7-11H2. The second-order valence-corrected chi connectivity index (χ2v) is 4.87. The molecule has 1 aromatic rings. The molecule has 2 rings (SSSR count). The summed E-state index contributed by atoms with van der Waals surface area (Å²) < 4.78 is 5.42.